The molecule has 0 saturated heterocycles. The normalized spacial score (nSPS) is 17.5. The van der Waals surface area contributed by atoms with E-state index in [0.717, 1.165) is 22.3 Å². The number of aliphatic hydroxyl groups excluding tert-OH is 1. The zero-order chi connectivity index (χ0) is 30.1. The van der Waals surface area contributed by atoms with Gasteiger partial charge in [0, 0.05) is 36.6 Å². The number of ether oxygens (including phenoxy) is 2. The standard InChI is InChI=1S/C35H34ClN3O4/c1-2-21-35(34(41)39-37-24-29-11-6-7-12-31(29)36)32(27-15-13-26(14-16-27)25-9-4-3-5-10-25)43-33(38-35)28-17-19-30(20-18-28)42-23-8-22-40/h2-7,9-20,32,37,40H,1,8,21-24H2,(H,39,41)/t32-,35-/m0/s1. The molecular weight excluding hydrogens is 562 g/mol. The molecule has 3 N–H and O–H groups in total. The number of nitrogens with zero attached hydrogens (tertiary/aromatic N) is 1. The van der Waals surface area contributed by atoms with Crippen LogP contribution < -0.4 is 15.6 Å². The van der Waals surface area contributed by atoms with Crippen LogP contribution in [0.2, 0.25) is 5.02 Å². The van der Waals surface area contributed by atoms with Gasteiger partial charge in [-0.1, -0.05) is 90.5 Å². The Balaban J connectivity index is 1.44. The van der Waals surface area contributed by atoms with Gasteiger partial charge in [-0.3, -0.25) is 10.2 Å². The number of rotatable bonds is 13. The van der Waals surface area contributed by atoms with Crippen LogP contribution in [0.5, 0.6) is 5.75 Å². The molecule has 220 valence electrons. The number of amides is 1. The second-order valence-corrected chi connectivity index (χ2v) is 10.6. The number of nitrogens with one attached hydrogen (secondary N) is 2. The highest BCUT2D eigenvalue weighted by atomic mass is 35.5. The fourth-order valence-electron chi connectivity index (χ4n) is 4.99. The van der Waals surface area contributed by atoms with Crippen molar-refractivity contribution in [2.45, 2.75) is 31.0 Å². The van der Waals surface area contributed by atoms with Crippen molar-refractivity contribution in [2.24, 2.45) is 4.99 Å². The maximum atomic E-state index is 14.0. The van der Waals surface area contributed by atoms with Crippen LogP contribution in [0, 0.1) is 0 Å². The van der Waals surface area contributed by atoms with E-state index in [1.807, 2.05) is 84.9 Å². The van der Waals surface area contributed by atoms with Crippen LogP contribution in [-0.2, 0) is 16.1 Å². The van der Waals surface area contributed by atoms with Crippen LogP contribution in [0.1, 0.15) is 35.6 Å². The number of carbonyl (C=O) groups excluding carboxylic acids is 1. The van der Waals surface area contributed by atoms with E-state index in [4.69, 9.17) is 31.2 Å². The van der Waals surface area contributed by atoms with E-state index in [1.54, 1.807) is 12.1 Å². The average molecular weight is 596 g/mol. The smallest absolute Gasteiger partial charge is 0.266 e. The molecule has 0 spiro atoms. The third-order valence-electron chi connectivity index (χ3n) is 7.24. The lowest BCUT2D eigenvalue weighted by atomic mass is 9.84. The SMILES string of the molecule is C=CC[C@]1(C(=O)NNCc2ccccc2Cl)N=C(c2ccc(OCCCO)cc2)O[C@H]1c1ccc(-c2ccccc2)cc1. The van der Waals surface area contributed by atoms with Gasteiger partial charge in [-0.15, -0.1) is 6.58 Å². The van der Waals surface area contributed by atoms with E-state index < -0.39 is 11.6 Å². The lowest BCUT2D eigenvalue weighted by molar-refractivity contribution is -0.129. The monoisotopic (exact) mass is 595 g/mol. The highest BCUT2D eigenvalue weighted by Gasteiger charge is 2.52. The third-order valence-corrected chi connectivity index (χ3v) is 7.61. The molecule has 8 heteroatoms. The number of carbonyl (C=O) groups is 1. The molecule has 0 fully saturated rings. The Kier molecular flexibility index (Phi) is 9.89. The molecule has 0 aliphatic carbocycles. The van der Waals surface area contributed by atoms with Crippen LogP contribution in [0.15, 0.2) is 121 Å². The van der Waals surface area contributed by atoms with Crippen molar-refractivity contribution >= 4 is 23.4 Å². The highest BCUT2D eigenvalue weighted by molar-refractivity contribution is 6.31. The van der Waals surface area contributed by atoms with E-state index >= 15 is 0 Å². The molecule has 0 aromatic heterocycles. The van der Waals surface area contributed by atoms with Gasteiger partial charge in [-0.05, 0) is 52.6 Å². The van der Waals surface area contributed by atoms with Crippen LogP contribution in [0.4, 0.5) is 0 Å². The molecule has 1 aliphatic rings. The number of benzene rings is 4. The first-order valence-electron chi connectivity index (χ1n) is 14.2. The Morgan fingerprint density at radius 2 is 1.63 bits per heavy atom. The van der Waals surface area contributed by atoms with Crippen molar-refractivity contribution in [3.63, 3.8) is 0 Å². The van der Waals surface area contributed by atoms with E-state index in [9.17, 15) is 4.79 Å². The minimum Gasteiger partial charge on any atom is -0.494 e. The summed E-state index contributed by atoms with van der Waals surface area (Å²) < 4.78 is 12.2. The van der Waals surface area contributed by atoms with Crippen LogP contribution >= 0.6 is 11.6 Å². The summed E-state index contributed by atoms with van der Waals surface area (Å²) in [6.07, 6.45) is 1.76. The van der Waals surface area contributed by atoms with Gasteiger partial charge in [0.15, 0.2) is 11.6 Å². The van der Waals surface area contributed by atoms with E-state index in [2.05, 4.69) is 29.6 Å². The molecule has 4 aromatic carbocycles. The fourth-order valence-corrected chi connectivity index (χ4v) is 5.19. The molecule has 1 heterocycles. The van der Waals surface area contributed by atoms with Gasteiger partial charge < -0.3 is 14.6 Å². The number of aliphatic hydroxyl groups is 1. The quantitative estimate of drug-likeness (QED) is 0.0942. The Morgan fingerprint density at radius 3 is 2.33 bits per heavy atom. The molecular formula is C35H34ClN3O4. The summed E-state index contributed by atoms with van der Waals surface area (Å²) in [5.41, 5.74) is 9.06. The predicted octanol–water partition coefficient (Wildman–Crippen LogP) is 6.42. The van der Waals surface area contributed by atoms with Crippen molar-refractivity contribution in [3.05, 3.63) is 137 Å². The largest absolute Gasteiger partial charge is 0.494 e. The number of hydrogen-bond acceptors (Lipinski definition) is 6. The minimum absolute atomic E-state index is 0.0666. The van der Waals surface area contributed by atoms with Crippen molar-refractivity contribution in [2.75, 3.05) is 13.2 Å². The fraction of sp³-hybridized carbons (Fsp3) is 0.200. The first-order valence-corrected chi connectivity index (χ1v) is 14.6. The van der Waals surface area contributed by atoms with Gasteiger partial charge in [-0.25, -0.2) is 10.4 Å². The Labute approximate surface area is 256 Å². The molecule has 4 aromatic rings. The molecule has 1 aliphatic heterocycles. The van der Waals surface area contributed by atoms with Crippen molar-refractivity contribution in [1.82, 2.24) is 10.9 Å². The van der Waals surface area contributed by atoms with Crippen LogP contribution in [0.3, 0.4) is 0 Å². The molecule has 1 amide bonds. The molecule has 2 atom stereocenters. The number of hydrazine groups is 1. The summed E-state index contributed by atoms with van der Waals surface area (Å²) in [4.78, 5) is 18.9. The number of halogens is 1. The van der Waals surface area contributed by atoms with Crippen molar-refractivity contribution in [3.8, 4) is 16.9 Å². The molecule has 0 radical (unpaired) electrons. The highest BCUT2D eigenvalue weighted by Crippen LogP contribution is 2.43. The Morgan fingerprint density at radius 1 is 0.953 bits per heavy atom. The van der Waals surface area contributed by atoms with Gasteiger partial charge >= 0.3 is 0 Å². The summed E-state index contributed by atoms with van der Waals surface area (Å²) in [5.74, 6) is 0.667. The Bertz CT molecular complexity index is 1560. The number of aliphatic imine (C=N–C) groups is 1. The topological polar surface area (TPSA) is 92.2 Å². The molecule has 43 heavy (non-hydrogen) atoms. The molecule has 0 saturated carbocycles. The maximum absolute atomic E-state index is 14.0. The molecule has 5 rings (SSSR count). The predicted molar refractivity (Wildman–Crippen MR) is 170 cm³/mol. The average Bonchev–Trinajstić information content (AvgIpc) is 3.43. The Hall–Kier alpha value is -4.43. The van der Waals surface area contributed by atoms with E-state index in [-0.39, 0.29) is 18.9 Å². The summed E-state index contributed by atoms with van der Waals surface area (Å²) >= 11 is 6.31. The van der Waals surface area contributed by atoms with Crippen molar-refractivity contribution < 1.29 is 19.4 Å². The van der Waals surface area contributed by atoms with Crippen molar-refractivity contribution in [1.29, 1.82) is 0 Å². The lowest BCUT2D eigenvalue weighted by Gasteiger charge is -2.30. The summed E-state index contributed by atoms with van der Waals surface area (Å²) in [6, 6.07) is 32.9. The lowest BCUT2D eigenvalue weighted by Crippen LogP contribution is -2.52. The third kappa shape index (κ3) is 6.97. The van der Waals surface area contributed by atoms with E-state index in [1.165, 1.54) is 0 Å². The summed E-state index contributed by atoms with van der Waals surface area (Å²) in [7, 11) is 0. The summed E-state index contributed by atoms with van der Waals surface area (Å²) in [6.45, 7) is 4.76. The van der Waals surface area contributed by atoms with Crippen LogP contribution in [0.25, 0.3) is 11.1 Å². The number of hydrogen-bond donors (Lipinski definition) is 3. The zero-order valence-corrected chi connectivity index (χ0v) is 24.5. The van der Waals surface area contributed by atoms with Gasteiger partial charge in [0.1, 0.15) is 5.75 Å². The first kappa shape index (κ1) is 30.0. The second kappa shape index (κ2) is 14.2. The summed E-state index contributed by atoms with van der Waals surface area (Å²) in [5, 5.41) is 9.63. The van der Waals surface area contributed by atoms with Gasteiger partial charge in [0.2, 0.25) is 5.90 Å². The van der Waals surface area contributed by atoms with Gasteiger partial charge in [0.25, 0.3) is 5.91 Å². The molecule has 7 nitrogen and oxygen atoms in total. The van der Waals surface area contributed by atoms with Gasteiger partial charge in [0.05, 0.1) is 6.61 Å². The second-order valence-electron chi connectivity index (χ2n) is 10.2. The van der Waals surface area contributed by atoms with Crippen LogP contribution in [-0.4, -0.2) is 35.7 Å². The molecule has 0 unspecified atom stereocenters. The minimum atomic E-state index is -1.32. The molecule has 0 bridgehead atoms. The van der Waals surface area contributed by atoms with Gasteiger partial charge in [-0.2, -0.15) is 0 Å². The van der Waals surface area contributed by atoms with E-state index in [0.29, 0.717) is 41.8 Å². The zero-order valence-electron chi connectivity index (χ0n) is 23.7. The first-order chi connectivity index (χ1) is 21.0. The maximum Gasteiger partial charge on any atom is 0.266 e.